The summed E-state index contributed by atoms with van der Waals surface area (Å²) in [5, 5.41) is 9.74. The van der Waals surface area contributed by atoms with Crippen LogP contribution in [0.1, 0.15) is 43.7 Å². The Bertz CT molecular complexity index is 841. The van der Waals surface area contributed by atoms with Gasteiger partial charge in [0.2, 0.25) is 0 Å². The van der Waals surface area contributed by atoms with Crippen molar-refractivity contribution in [2.24, 2.45) is 0 Å². The maximum Gasteiger partial charge on any atom is 0.491 e. The molecule has 0 spiro atoms. The lowest BCUT2D eigenvalue weighted by atomic mass is 9.80. The topological polar surface area (TPSA) is 82.1 Å². The average Bonchev–Trinajstić information content (AvgIpc) is 3.34. The minimum absolute atomic E-state index is 0.250. The summed E-state index contributed by atoms with van der Waals surface area (Å²) in [6.07, 6.45) is 6.21. The summed E-state index contributed by atoms with van der Waals surface area (Å²) in [6.45, 7) is 2.55. The molecular weight excluding hydrogens is 359 g/mol. The van der Waals surface area contributed by atoms with E-state index in [1.165, 1.54) is 18.4 Å². The Kier molecular flexibility index (Phi) is 6.88. The van der Waals surface area contributed by atoms with E-state index in [2.05, 4.69) is 19.1 Å². The highest BCUT2D eigenvalue weighted by atomic mass is 16.5. The van der Waals surface area contributed by atoms with Crippen LogP contribution in [0.25, 0.3) is 0 Å². The number of benzene rings is 2. The number of hydrogen-bond donors (Lipinski definition) is 1. The Morgan fingerprint density at radius 3 is 2.61 bits per heavy atom. The molecule has 2 aliphatic rings. The summed E-state index contributed by atoms with van der Waals surface area (Å²) in [5.41, 5.74) is 3.02. The zero-order chi connectivity index (χ0) is 19.9. The molecule has 0 amide bonds. The second kappa shape index (κ2) is 9.56. The molecule has 28 heavy (non-hydrogen) atoms. The molecule has 7 heteroatoms. The molecule has 0 saturated heterocycles. The summed E-state index contributed by atoms with van der Waals surface area (Å²) in [7, 11) is -0.825. The Morgan fingerprint density at radius 1 is 1.14 bits per heavy atom. The molecule has 1 aliphatic heterocycles. The van der Waals surface area contributed by atoms with E-state index in [9.17, 15) is 5.02 Å². The van der Waals surface area contributed by atoms with E-state index in [0.29, 0.717) is 6.61 Å². The van der Waals surface area contributed by atoms with Crippen LogP contribution in [-0.4, -0.2) is 24.4 Å². The van der Waals surface area contributed by atoms with E-state index in [1.807, 2.05) is 24.3 Å². The van der Waals surface area contributed by atoms with Gasteiger partial charge in [-0.05, 0) is 73.0 Å². The molecular formula is C21H23BO6. The Morgan fingerprint density at radius 2 is 1.89 bits per heavy atom. The molecule has 146 valence electrons. The normalized spacial score (nSPS) is 15.4. The molecule has 4 rings (SSSR count). The molecule has 2 aromatic carbocycles. The van der Waals surface area contributed by atoms with E-state index in [1.54, 1.807) is 0 Å². The first-order chi connectivity index (χ1) is 13.6. The molecule has 0 unspecified atom stereocenters. The lowest BCUT2D eigenvalue weighted by Gasteiger charge is -2.18. The van der Waals surface area contributed by atoms with Gasteiger partial charge >= 0.3 is 13.3 Å². The number of hydrogen-bond acceptors (Lipinski definition) is 6. The molecule has 1 saturated carbocycles. The Labute approximate surface area is 164 Å². The third kappa shape index (κ3) is 4.81. The second-order valence-electron chi connectivity index (χ2n) is 6.87. The lowest BCUT2D eigenvalue weighted by Crippen LogP contribution is -2.27. The fraction of sp³-hybridized carbons (Fsp3) is 0.381. The van der Waals surface area contributed by atoms with Gasteiger partial charge in [0.15, 0.2) is 11.5 Å². The van der Waals surface area contributed by atoms with Gasteiger partial charge in [-0.15, -0.1) is 0 Å². The molecule has 1 fully saturated rings. The van der Waals surface area contributed by atoms with Crippen LogP contribution in [0, 0.1) is 0 Å². The number of fused-ring (bicyclic) bond motifs is 1. The van der Waals surface area contributed by atoms with Crippen LogP contribution >= 0.6 is 0 Å². The number of aryl methyl sites for hydroxylation is 1. The van der Waals surface area contributed by atoms with E-state index in [4.69, 9.17) is 23.7 Å². The van der Waals surface area contributed by atoms with Crippen LogP contribution in [0.5, 0.6) is 17.2 Å². The van der Waals surface area contributed by atoms with Gasteiger partial charge < -0.3 is 19.2 Å². The van der Waals surface area contributed by atoms with Crippen LogP contribution in [0.3, 0.4) is 0 Å². The molecule has 1 aliphatic carbocycles. The fourth-order valence-electron chi connectivity index (χ4n) is 3.53. The predicted octanol–water partition coefficient (Wildman–Crippen LogP) is 3.00. The first-order valence-corrected chi connectivity index (χ1v) is 9.53. The minimum atomic E-state index is -0.825. The average molecular weight is 382 g/mol. The Balaban J connectivity index is 0.000000706. The molecule has 0 atom stereocenters. The number of rotatable bonds is 5. The highest BCUT2D eigenvalue weighted by Gasteiger charge is 2.27. The molecule has 6 nitrogen and oxygen atoms in total. The van der Waals surface area contributed by atoms with E-state index >= 15 is 0 Å². The highest BCUT2D eigenvalue weighted by Crippen LogP contribution is 2.36. The van der Waals surface area contributed by atoms with Gasteiger partial charge in [0.25, 0.3) is 0 Å². The fourth-order valence-corrected chi connectivity index (χ4v) is 3.53. The monoisotopic (exact) mass is 382 g/mol. The van der Waals surface area contributed by atoms with Gasteiger partial charge in [-0.2, -0.15) is 9.59 Å². The van der Waals surface area contributed by atoms with Gasteiger partial charge in [-0.1, -0.05) is 19.1 Å². The standard InChI is InChI=1S/C20H23BO4.CO2/c1-2-14-7-10-19(20(11-14)24-16-5-3-4-6-16)25-17-8-9-18-15(12-17)13-23-21(18)22;2-1-3/h7-12,16,22H,2-6,13H2,1H3;. The molecule has 2 aromatic rings. The SMILES string of the molecule is CCc1ccc(Oc2ccc3c(c2)COB3O)c(OC2CCCC2)c1.O=C=O. The van der Waals surface area contributed by atoms with Crippen molar-refractivity contribution in [2.75, 3.05) is 0 Å². The van der Waals surface area contributed by atoms with Crippen molar-refractivity contribution in [2.45, 2.75) is 51.7 Å². The van der Waals surface area contributed by atoms with Crippen LogP contribution in [0.15, 0.2) is 36.4 Å². The zero-order valence-corrected chi connectivity index (χ0v) is 15.8. The van der Waals surface area contributed by atoms with E-state index < -0.39 is 7.12 Å². The van der Waals surface area contributed by atoms with Crippen molar-refractivity contribution in [3.8, 4) is 17.2 Å². The quantitative estimate of drug-likeness (QED) is 0.801. The third-order valence-corrected chi connectivity index (χ3v) is 5.02. The van der Waals surface area contributed by atoms with Crippen molar-refractivity contribution < 1.29 is 28.7 Å². The van der Waals surface area contributed by atoms with E-state index in [0.717, 1.165) is 47.5 Å². The lowest BCUT2D eigenvalue weighted by molar-refractivity contribution is -0.191. The summed E-state index contributed by atoms with van der Waals surface area (Å²) >= 11 is 0. The van der Waals surface area contributed by atoms with Crippen LogP contribution < -0.4 is 14.9 Å². The molecule has 0 radical (unpaired) electrons. The molecule has 0 aromatic heterocycles. The maximum absolute atomic E-state index is 9.74. The van der Waals surface area contributed by atoms with Gasteiger partial charge in [0.05, 0.1) is 12.7 Å². The second-order valence-corrected chi connectivity index (χ2v) is 6.87. The first kappa shape index (κ1) is 20.1. The number of carbonyl (C=O) groups excluding carboxylic acids is 2. The van der Waals surface area contributed by atoms with Crippen molar-refractivity contribution in [3.05, 3.63) is 47.5 Å². The van der Waals surface area contributed by atoms with Crippen molar-refractivity contribution in [1.82, 2.24) is 0 Å². The first-order valence-electron chi connectivity index (χ1n) is 9.53. The largest absolute Gasteiger partial charge is 0.491 e. The molecule has 1 heterocycles. The van der Waals surface area contributed by atoms with Gasteiger partial charge in [0, 0.05) is 0 Å². The molecule has 1 N–H and O–H groups in total. The minimum Gasteiger partial charge on any atom is -0.487 e. The van der Waals surface area contributed by atoms with Crippen molar-refractivity contribution in [1.29, 1.82) is 0 Å². The number of ether oxygens (including phenoxy) is 2. The Hall–Kier alpha value is -2.60. The zero-order valence-electron chi connectivity index (χ0n) is 15.8. The van der Waals surface area contributed by atoms with Gasteiger partial charge in [-0.25, -0.2) is 0 Å². The van der Waals surface area contributed by atoms with Gasteiger partial charge in [-0.3, -0.25) is 0 Å². The predicted molar refractivity (Wildman–Crippen MR) is 103 cm³/mol. The van der Waals surface area contributed by atoms with E-state index in [-0.39, 0.29) is 12.3 Å². The molecule has 0 bridgehead atoms. The summed E-state index contributed by atoms with van der Waals surface area (Å²) in [6, 6.07) is 11.8. The van der Waals surface area contributed by atoms with Crippen molar-refractivity contribution in [3.63, 3.8) is 0 Å². The van der Waals surface area contributed by atoms with Crippen LogP contribution in [0.2, 0.25) is 0 Å². The summed E-state index contributed by atoms with van der Waals surface area (Å²) in [4.78, 5) is 16.2. The van der Waals surface area contributed by atoms with Gasteiger partial charge in [0.1, 0.15) is 5.75 Å². The smallest absolute Gasteiger partial charge is 0.487 e. The van der Waals surface area contributed by atoms with Crippen LogP contribution in [-0.2, 0) is 27.3 Å². The highest BCUT2D eigenvalue weighted by molar-refractivity contribution is 6.61. The third-order valence-electron chi connectivity index (χ3n) is 5.02. The summed E-state index contributed by atoms with van der Waals surface area (Å²) < 4.78 is 17.6. The summed E-state index contributed by atoms with van der Waals surface area (Å²) in [5.74, 6) is 2.29. The van der Waals surface area contributed by atoms with Crippen LogP contribution in [0.4, 0.5) is 0 Å². The maximum atomic E-state index is 9.74. The van der Waals surface area contributed by atoms with Crippen molar-refractivity contribution >= 4 is 18.7 Å².